The van der Waals surface area contributed by atoms with Crippen LogP contribution in [-0.2, 0) is 11.2 Å². The topological polar surface area (TPSA) is 58.4 Å². The van der Waals surface area contributed by atoms with Crippen molar-refractivity contribution >= 4 is 23.0 Å². The molecule has 2 aromatic carbocycles. The van der Waals surface area contributed by atoms with E-state index in [0.29, 0.717) is 6.54 Å². The molecular weight excluding hydrogens is 286 g/mol. The van der Waals surface area contributed by atoms with Gasteiger partial charge in [0.1, 0.15) is 0 Å². The number of rotatable bonds is 6. The lowest BCUT2D eigenvalue weighted by Gasteiger charge is -2.23. The van der Waals surface area contributed by atoms with Gasteiger partial charge in [-0.2, -0.15) is 0 Å². The molecule has 0 bridgehead atoms. The SMILES string of the molecule is CCc1ccc(NC(=O)CN(CC)c2cccc(C)c2)cc1N. The van der Waals surface area contributed by atoms with Crippen LogP contribution in [0, 0.1) is 6.92 Å². The molecule has 0 heterocycles. The first-order valence-corrected chi connectivity index (χ1v) is 8.03. The van der Waals surface area contributed by atoms with E-state index in [4.69, 9.17) is 5.73 Å². The van der Waals surface area contributed by atoms with Crippen LogP contribution >= 0.6 is 0 Å². The summed E-state index contributed by atoms with van der Waals surface area (Å²) in [7, 11) is 0. The van der Waals surface area contributed by atoms with Crippen LogP contribution in [0.25, 0.3) is 0 Å². The van der Waals surface area contributed by atoms with Crippen molar-refractivity contribution < 1.29 is 4.79 Å². The third-order valence-corrected chi connectivity index (χ3v) is 3.89. The lowest BCUT2D eigenvalue weighted by atomic mass is 10.1. The van der Waals surface area contributed by atoms with Crippen LogP contribution in [0.1, 0.15) is 25.0 Å². The number of nitrogens with zero attached hydrogens (tertiary/aromatic N) is 1. The molecule has 0 fully saturated rings. The normalized spacial score (nSPS) is 10.4. The van der Waals surface area contributed by atoms with Gasteiger partial charge in [0.25, 0.3) is 0 Å². The number of nitrogens with two attached hydrogens (primary N) is 1. The van der Waals surface area contributed by atoms with Gasteiger partial charge in [-0.3, -0.25) is 4.79 Å². The van der Waals surface area contributed by atoms with E-state index >= 15 is 0 Å². The zero-order valence-corrected chi connectivity index (χ0v) is 14.1. The van der Waals surface area contributed by atoms with Crippen molar-refractivity contribution in [3.05, 3.63) is 53.6 Å². The maximum Gasteiger partial charge on any atom is 0.243 e. The van der Waals surface area contributed by atoms with Gasteiger partial charge in [0.2, 0.25) is 5.91 Å². The number of likely N-dealkylation sites (N-methyl/N-ethyl adjacent to an activating group) is 1. The fourth-order valence-electron chi connectivity index (χ4n) is 2.58. The van der Waals surface area contributed by atoms with Gasteiger partial charge in [-0.25, -0.2) is 0 Å². The molecule has 4 heteroatoms. The van der Waals surface area contributed by atoms with Crippen molar-refractivity contribution in [3.63, 3.8) is 0 Å². The van der Waals surface area contributed by atoms with Crippen LogP contribution in [0.3, 0.4) is 0 Å². The van der Waals surface area contributed by atoms with Crippen LogP contribution in [0.4, 0.5) is 17.1 Å². The van der Waals surface area contributed by atoms with Gasteiger partial charge in [-0.05, 0) is 55.7 Å². The van der Waals surface area contributed by atoms with Gasteiger partial charge >= 0.3 is 0 Å². The maximum atomic E-state index is 12.3. The summed E-state index contributed by atoms with van der Waals surface area (Å²) in [6, 6.07) is 13.9. The Morgan fingerprint density at radius 3 is 2.57 bits per heavy atom. The van der Waals surface area contributed by atoms with E-state index in [0.717, 1.165) is 35.6 Å². The summed E-state index contributed by atoms with van der Waals surface area (Å²) in [4.78, 5) is 14.4. The van der Waals surface area contributed by atoms with Gasteiger partial charge in [0.15, 0.2) is 0 Å². The monoisotopic (exact) mass is 311 g/mol. The van der Waals surface area contributed by atoms with Crippen molar-refractivity contribution in [2.75, 3.05) is 29.0 Å². The van der Waals surface area contributed by atoms with Gasteiger partial charge in [-0.1, -0.05) is 25.1 Å². The molecular formula is C19H25N3O. The smallest absolute Gasteiger partial charge is 0.243 e. The number of benzene rings is 2. The molecule has 0 aliphatic rings. The first kappa shape index (κ1) is 16.9. The minimum absolute atomic E-state index is 0.0444. The van der Waals surface area contributed by atoms with Crippen molar-refractivity contribution in [1.29, 1.82) is 0 Å². The predicted molar refractivity (Wildman–Crippen MR) is 97.9 cm³/mol. The first-order valence-electron chi connectivity index (χ1n) is 8.03. The molecule has 0 atom stereocenters. The maximum absolute atomic E-state index is 12.3. The fourth-order valence-corrected chi connectivity index (χ4v) is 2.58. The van der Waals surface area contributed by atoms with E-state index in [1.54, 1.807) is 0 Å². The zero-order valence-electron chi connectivity index (χ0n) is 14.1. The molecule has 0 saturated heterocycles. The largest absolute Gasteiger partial charge is 0.398 e. The number of nitrogens with one attached hydrogen (secondary N) is 1. The number of hydrogen-bond donors (Lipinski definition) is 2. The molecule has 0 aromatic heterocycles. The first-order chi connectivity index (χ1) is 11.0. The molecule has 0 aliphatic heterocycles. The average molecular weight is 311 g/mol. The number of carbonyl (C=O) groups excluding carboxylic acids is 1. The van der Waals surface area contributed by atoms with Crippen molar-refractivity contribution in [2.24, 2.45) is 0 Å². The average Bonchev–Trinajstić information content (AvgIpc) is 2.52. The summed E-state index contributed by atoms with van der Waals surface area (Å²) in [6.07, 6.45) is 0.886. The Hall–Kier alpha value is -2.49. The van der Waals surface area contributed by atoms with Gasteiger partial charge in [0.05, 0.1) is 6.54 Å². The van der Waals surface area contributed by atoms with E-state index in [1.807, 2.05) is 42.2 Å². The molecule has 0 unspecified atom stereocenters. The second-order valence-corrected chi connectivity index (χ2v) is 5.67. The second-order valence-electron chi connectivity index (χ2n) is 5.67. The molecule has 0 aliphatic carbocycles. The van der Waals surface area contributed by atoms with Crippen LogP contribution in [-0.4, -0.2) is 19.0 Å². The van der Waals surface area contributed by atoms with Gasteiger partial charge in [-0.15, -0.1) is 0 Å². The Kier molecular flexibility index (Phi) is 5.63. The molecule has 122 valence electrons. The highest BCUT2D eigenvalue weighted by Crippen LogP contribution is 2.19. The Morgan fingerprint density at radius 2 is 1.96 bits per heavy atom. The molecule has 0 spiro atoms. The van der Waals surface area contributed by atoms with Crippen LogP contribution < -0.4 is 16.0 Å². The highest BCUT2D eigenvalue weighted by atomic mass is 16.2. The summed E-state index contributed by atoms with van der Waals surface area (Å²) in [6.45, 7) is 7.24. The summed E-state index contributed by atoms with van der Waals surface area (Å²) in [5.74, 6) is -0.0444. The molecule has 2 rings (SSSR count). The third kappa shape index (κ3) is 4.49. The number of nitrogen functional groups attached to an aromatic ring is 1. The van der Waals surface area contributed by atoms with Gasteiger partial charge in [0, 0.05) is 23.6 Å². The zero-order chi connectivity index (χ0) is 16.8. The van der Waals surface area contributed by atoms with E-state index in [-0.39, 0.29) is 5.91 Å². The second kappa shape index (κ2) is 7.68. The molecule has 0 saturated carbocycles. The van der Waals surface area contributed by atoms with Crippen molar-refractivity contribution in [2.45, 2.75) is 27.2 Å². The molecule has 2 aromatic rings. The molecule has 23 heavy (non-hydrogen) atoms. The number of aryl methyl sites for hydroxylation is 2. The number of hydrogen-bond acceptors (Lipinski definition) is 3. The fraction of sp³-hybridized carbons (Fsp3) is 0.316. The predicted octanol–water partition coefficient (Wildman–Crippen LogP) is 3.60. The molecule has 0 radical (unpaired) electrons. The van der Waals surface area contributed by atoms with Crippen LogP contribution in [0.2, 0.25) is 0 Å². The Labute approximate surface area is 138 Å². The third-order valence-electron chi connectivity index (χ3n) is 3.89. The Balaban J connectivity index is 2.04. The lowest BCUT2D eigenvalue weighted by molar-refractivity contribution is -0.115. The van der Waals surface area contributed by atoms with Gasteiger partial charge < -0.3 is 16.0 Å². The summed E-state index contributed by atoms with van der Waals surface area (Å²) >= 11 is 0. The van der Waals surface area contributed by atoms with E-state index in [1.165, 1.54) is 5.56 Å². The van der Waals surface area contributed by atoms with Crippen LogP contribution in [0.15, 0.2) is 42.5 Å². The van der Waals surface area contributed by atoms with E-state index < -0.39 is 0 Å². The highest BCUT2D eigenvalue weighted by Gasteiger charge is 2.11. The number of amides is 1. The quantitative estimate of drug-likeness (QED) is 0.801. The van der Waals surface area contributed by atoms with Crippen molar-refractivity contribution in [3.8, 4) is 0 Å². The molecule has 3 N–H and O–H groups in total. The summed E-state index contributed by atoms with van der Waals surface area (Å²) in [5.41, 5.74) is 10.8. The number of anilines is 3. The van der Waals surface area contributed by atoms with E-state index in [9.17, 15) is 4.79 Å². The Morgan fingerprint density at radius 1 is 1.17 bits per heavy atom. The van der Waals surface area contributed by atoms with Crippen molar-refractivity contribution in [1.82, 2.24) is 0 Å². The standard InChI is InChI=1S/C19H25N3O/c1-4-15-9-10-16(12-18(15)20)21-19(23)13-22(5-2)17-8-6-7-14(3)11-17/h6-12H,4-5,13,20H2,1-3H3,(H,21,23). The highest BCUT2D eigenvalue weighted by molar-refractivity contribution is 5.94. The summed E-state index contributed by atoms with van der Waals surface area (Å²) in [5, 5.41) is 2.92. The molecule has 4 nitrogen and oxygen atoms in total. The van der Waals surface area contributed by atoms with E-state index in [2.05, 4.69) is 31.3 Å². The Bertz CT molecular complexity index is 682. The van der Waals surface area contributed by atoms with Crippen LogP contribution in [0.5, 0.6) is 0 Å². The summed E-state index contributed by atoms with van der Waals surface area (Å²) < 4.78 is 0. The minimum Gasteiger partial charge on any atom is -0.398 e. The molecule has 1 amide bonds. The minimum atomic E-state index is -0.0444. The lowest BCUT2D eigenvalue weighted by Crippen LogP contribution is -2.33. The number of carbonyl (C=O) groups is 1.